The summed E-state index contributed by atoms with van der Waals surface area (Å²) in [6.45, 7) is 4.34. The number of urea groups is 1. The lowest BCUT2D eigenvalue weighted by molar-refractivity contribution is -0.142. The topological polar surface area (TPSA) is 69.6 Å². The first-order valence-corrected chi connectivity index (χ1v) is 7.09. The molecule has 6 heteroatoms. The van der Waals surface area contributed by atoms with E-state index in [0.29, 0.717) is 6.54 Å². The fourth-order valence-electron chi connectivity index (χ4n) is 1.67. The van der Waals surface area contributed by atoms with Gasteiger partial charge in [0, 0.05) is 20.1 Å². The number of nitrogens with one attached hydrogen (secondary N) is 1. The van der Waals surface area contributed by atoms with Crippen LogP contribution in [0.5, 0.6) is 0 Å². The minimum atomic E-state index is -0.879. The van der Waals surface area contributed by atoms with Crippen LogP contribution in [0.1, 0.15) is 19.4 Å². The molecular formula is C13H20N2O3S. The number of hydrogen-bond donors (Lipinski definition) is 2. The molecule has 1 aromatic rings. The Labute approximate surface area is 117 Å². The molecule has 2 N–H and O–H groups in total. The summed E-state index contributed by atoms with van der Waals surface area (Å²) >= 11 is 1.58. The second kappa shape index (κ2) is 7.13. The number of nitrogens with zero attached hydrogens (tertiary/aromatic N) is 1. The minimum Gasteiger partial charge on any atom is -0.481 e. The molecule has 19 heavy (non-hydrogen) atoms. The van der Waals surface area contributed by atoms with Crippen LogP contribution in [-0.2, 0) is 11.3 Å². The van der Waals surface area contributed by atoms with Crippen molar-refractivity contribution >= 4 is 23.3 Å². The molecule has 0 fully saturated rings. The van der Waals surface area contributed by atoms with Crippen molar-refractivity contribution in [3.05, 3.63) is 22.4 Å². The zero-order chi connectivity index (χ0) is 14.4. The molecule has 0 radical (unpaired) electrons. The summed E-state index contributed by atoms with van der Waals surface area (Å²) in [5.74, 6) is -1.45. The van der Waals surface area contributed by atoms with E-state index >= 15 is 0 Å². The van der Waals surface area contributed by atoms with E-state index in [1.165, 1.54) is 0 Å². The lowest BCUT2D eigenvalue weighted by atomic mass is 9.96. The summed E-state index contributed by atoms with van der Waals surface area (Å²) in [6, 6.07) is 1.71. The van der Waals surface area contributed by atoms with E-state index in [4.69, 9.17) is 5.11 Å². The van der Waals surface area contributed by atoms with Crippen LogP contribution >= 0.6 is 11.3 Å². The third-order valence-corrected chi connectivity index (χ3v) is 3.67. The van der Waals surface area contributed by atoms with Crippen molar-refractivity contribution in [3.8, 4) is 0 Å². The van der Waals surface area contributed by atoms with E-state index in [0.717, 1.165) is 5.56 Å². The van der Waals surface area contributed by atoms with Gasteiger partial charge in [-0.1, -0.05) is 13.8 Å². The number of carboxylic acids is 1. The number of carbonyl (C=O) groups excluding carboxylic acids is 1. The molecule has 0 aliphatic rings. The third-order valence-electron chi connectivity index (χ3n) is 2.94. The van der Waals surface area contributed by atoms with Crippen molar-refractivity contribution in [2.45, 2.75) is 20.4 Å². The molecule has 106 valence electrons. The Bertz CT molecular complexity index is 418. The highest BCUT2D eigenvalue weighted by Crippen LogP contribution is 2.11. The number of hydrogen-bond acceptors (Lipinski definition) is 3. The Morgan fingerprint density at radius 3 is 2.63 bits per heavy atom. The summed E-state index contributed by atoms with van der Waals surface area (Å²) in [4.78, 5) is 24.4. The van der Waals surface area contributed by atoms with E-state index in [1.54, 1.807) is 23.3 Å². The Kier molecular flexibility index (Phi) is 5.82. The zero-order valence-electron chi connectivity index (χ0n) is 11.4. The average Bonchev–Trinajstić information content (AvgIpc) is 2.80. The largest absolute Gasteiger partial charge is 0.481 e. The number of amides is 2. The van der Waals surface area contributed by atoms with E-state index < -0.39 is 11.9 Å². The normalized spacial score (nSPS) is 12.2. The van der Waals surface area contributed by atoms with Gasteiger partial charge in [0.05, 0.1) is 5.92 Å². The van der Waals surface area contributed by atoms with Crippen LogP contribution in [0.15, 0.2) is 16.8 Å². The van der Waals surface area contributed by atoms with E-state index in [1.807, 2.05) is 30.7 Å². The van der Waals surface area contributed by atoms with E-state index in [2.05, 4.69) is 5.32 Å². The SMILES string of the molecule is CC(C)C(CNC(=O)N(C)Cc1ccsc1)C(=O)O. The van der Waals surface area contributed by atoms with E-state index in [-0.39, 0.29) is 18.5 Å². The van der Waals surface area contributed by atoms with Gasteiger partial charge >= 0.3 is 12.0 Å². The minimum absolute atomic E-state index is 0.0139. The molecule has 0 aliphatic carbocycles. The second-order valence-electron chi connectivity index (χ2n) is 4.86. The Hall–Kier alpha value is -1.56. The lowest BCUT2D eigenvalue weighted by Crippen LogP contribution is -2.41. The molecule has 0 spiro atoms. The van der Waals surface area contributed by atoms with Crippen LogP contribution in [0.4, 0.5) is 4.79 Å². The molecule has 5 nitrogen and oxygen atoms in total. The number of carboxylic acid groups (broad SMARTS) is 1. The van der Waals surface area contributed by atoms with Crippen molar-refractivity contribution < 1.29 is 14.7 Å². The van der Waals surface area contributed by atoms with Gasteiger partial charge in [-0.05, 0) is 28.3 Å². The maximum Gasteiger partial charge on any atom is 0.317 e. The first-order valence-electron chi connectivity index (χ1n) is 6.14. The van der Waals surface area contributed by atoms with Crippen LogP contribution < -0.4 is 5.32 Å². The molecule has 0 bridgehead atoms. The molecule has 0 saturated carbocycles. The summed E-state index contributed by atoms with van der Waals surface area (Å²) in [6.07, 6.45) is 0. The third kappa shape index (κ3) is 4.90. The highest BCUT2D eigenvalue weighted by Gasteiger charge is 2.22. The highest BCUT2D eigenvalue weighted by atomic mass is 32.1. The zero-order valence-corrected chi connectivity index (χ0v) is 12.2. The molecule has 1 rings (SSSR count). The lowest BCUT2D eigenvalue weighted by Gasteiger charge is -2.21. The molecular weight excluding hydrogens is 264 g/mol. The summed E-state index contributed by atoms with van der Waals surface area (Å²) in [5.41, 5.74) is 1.07. The fourth-order valence-corrected chi connectivity index (χ4v) is 2.33. The summed E-state index contributed by atoms with van der Waals surface area (Å²) in [7, 11) is 1.69. The average molecular weight is 284 g/mol. The first kappa shape index (κ1) is 15.5. The van der Waals surface area contributed by atoms with Crippen molar-refractivity contribution in [1.82, 2.24) is 10.2 Å². The van der Waals surface area contributed by atoms with Crippen LogP contribution in [0.25, 0.3) is 0 Å². The maximum atomic E-state index is 11.8. The van der Waals surface area contributed by atoms with Crippen molar-refractivity contribution in [2.75, 3.05) is 13.6 Å². The Morgan fingerprint density at radius 2 is 2.16 bits per heavy atom. The number of rotatable bonds is 6. The van der Waals surface area contributed by atoms with Gasteiger partial charge < -0.3 is 15.3 Å². The van der Waals surface area contributed by atoms with Crippen molar-refractivity contribution in [3.63, 3.8) is 0 Å². The van der Waals surface area contributed by atoms with Crippen LogP contribution in [0.2, 0.25) is 0 Å². The standard InChI is InChI=1S/C13H20N2O3S/c1-9(2)11(12(16)17)6-14-13(18)15(3)7-10-4-5-19-8-10/h4-5,8-9,11H,6-7H2,1-3H3,(H,14,18)(H,16,17). The molecule has 0 aromatic carbocycles. The quantitative estimate of drug-likeness (QED) is 0.841. The smallest absolute Gasteiger partial charge is 0.317 e. The highest BCUT2D eigenvalue weighted by molar-refractivity contribution is 7.07. The van der Waals surface area contributed by atoms with Gasteiger partial charge in [0.25, 0.3) is 0 Å². The Morgan fingerprint density at radius 1 is 1.47 bits per heavy atom. The van der Waals surface area contributed by atoms with Crippen LogP contribution in [-0.4, -0.2) is 35.6 Å². The van der Waals surface area contributed by atoms with E-state index in [9.17, 15) is 9.59 Å². The van der Waals surface area contributed by atoms with Crippen molar-refractivity contribution in [1.29, 1.82) is 0 Å². The Balaban J connectivity index is 2.43. The molecule has 1 heterocycles. The monoisotopic (exact) mass is 284 g/mol. The fraction of sp³-hybridized carbons (Fsp3) is 0.538. The first-order chi connectivity index (χ1) is 8.91. The van der Waals surface area contributed by atoms with Gasteiger partial charge in [-0.2, -0.15) is 11.3 Å². The molecule has 1 atom stereocenters. The number of thiophene rings is 1. The molecule has 0 saturated heterocycles. The predicted molar refractivity (Wildman–Crippen MR) is 75.1 cm³/mol. The van der Waals surface area contributed by atoms with Gasteiger partial charge in [-0.15, -0.1) is 0 Å². The van der Waals surface area contributed by atoms with Crippen LogP contribution in [0.3, 0.4) is 0 Å². The summed E-state index contributed by atoms with van der Waals surface area (Å²) in [5, 5.41) is 15.6. The molecule has 1 unspecified atom stereocenters. The molecule has 0 aliphatic heterocycles. The number of carbonyl (C=O) groups is 2. The predicted octanol–water partition coefficient (Wildman–Crippen LogP) is 2.25. The molecule has 1 aromatic heterocycles. The van der Waals surface area contributed by atoms with Gasteiger partial charge in [0.1, 0.15) is 0 Å². The van der Waals surface area contributed by atoms with Gasteiger partial charge in [-0.3, -0.25) is 4.79 Å². The summed E-state index contributed by atoms with van der Waals surface area (Å²) < 4.78 is 0. The second-order valence-corrected chi connectivity index (χ2v) is 5.64. The number of aliphatic carboxylic acids is 1. The van der Waals surface area contributed by atoms with Gasteiger partial charge in [-0.25, -0.2) is 4.79 Å². The van der Waals surface area contributed by atoms with Crippen LogP contribution in [0, 0.1) is 11.8 Å². The van der Waals surface area contributed by atoms with Gasteiger partial charge in [0.2, 0.25) is 0 Å². The molecule has 2 amide bonds. The van der Waals surface area contributed by atoms with Crippen molar-refractivity contribution in [2.24, 2.45) is 11.8 Å². The maximum absolute atomic E-state index is 11.8. The van der Waals surface area contributed by atoms with Gasteiger partial charge in [0.15, 0.2) is 0 Å².